The summed E-state index contributed by atoms with van der Waals surface area (Å²) in [5, 5.41) is 19.4. The van der Waals surface area contributed by atoms with Crippen LogP contribution in [0.1, 0.15) is 12.8 Å². The predicted octanol–water partition coefficient (Wildman–Crippen LogP) is 1.07. The van der Waals surface area contributed by atoms with Gasteiger partial charge in [0.2, 0.25) is 15.8 Å². The molecule has 7 nitrogen and oxygen atoms in total. The molecule has 1 fully saturated rings. The lowest BCUT2D eigenvalue weighted by Gasteiger charge is -2.09. The van der Waals surface area contributed by atoms with E-state index in [0.717, 1.165) is 6.07 Å². The largest absolute Gasteiger partial charge is 0.306 e. The summed E-state index contributed by atoms with van der Waals surface area (Å²) in [6.07, 6.45) is 0.762. The lowest BCUT2D eigenvalue weighted by atomic mass is 10.3. The summed E-state index contributed by atoms with van der Waals surface area (Å²) in [6.45, 7) is 0. The first kappa shape index (κ1) is 13.4. The van der Waals surface area contributed by atoms with Crippen molar-refractivity contribution in [2.24, 2.45) is 0 Å². The molecule has 0 amide bonds. The molecule has 0 heterocycles. The standard InChI is InChI=1S/C10H8FN3O4S/c11-8-2-1-7(5-9(8)14(15)16)19(17,18)13-10(6-12)3-4-10/h1-2,5,13H,3-4H2. The van der Waals surface area contributed by atoms with Crippen molar-refractivity contribution in [3.05, 3.63) is 34.1 Å². The van der Waals surface area contributed by atoms with Gasteiger partial charge in [0.25, 0.3) is 0 Å². The van der Waals surface area contributed by atoms with Crippen molar-refractivity contribution < 1.29 is 17.7 Å². The molecule has 0 bridgehead atoms. The van der Waals surface area contributed by atoms with Crippen LogP contribution in [-0.2, 0) is 10.0 Å². The lowest BCUT2D eigenvalue weighted by Crippen LogP contribution is -2.35. The molecule has 1 N–H and O–H groups in total. The van der Waals surface area contributed by atoms with Gasteiger partial charge in [-0.2, -0.15) is 14.4 Å². The molecular weight excluding hydrogens is 277 g/mol. The van der Waals surface area contributed by atoms with Gasteiger partial charge in [-0.25, -0.2) is 8.42 Å². The second-order valence-electron chi connectivity index (χ2n) is 4.17. The van der Waals surface area contributed by atoms with Crippen LogP contribution in [0, 0.1) is 27.3 Å². The van der Waals surface area contributed by atoms with Crippen LogP contribution in [-0.4, -0.2) is 18.9 Å². The molecule has 0 aliphatic heterocycles. The molecular formula is C10H8FN3O4S. The molecule has 2 rings (SSSR count). The molecule has 0 spiro atoms. The highest BCUT2D eigenvalue weighted by Gasteiger charge is 2.47. The molecule has 100 valence electrons. The molecule has 0 aromatic heterocycles. The summed E-state index contributed by atoms with van der Waals surface area (Å²) in [7, 11) is -4.08. The van der Waals surface area contributed by atoms with Crippen LogP contribution >= 0.6 is 0 Å². The maximum atomic E-state index is 13.1. The van der Waals surface area contributed by atoms with Gasteiger partial charge in [-0.1, -0.05) is 0 Å². The highest BCUT2D eigenvalue weighted by atomic mass is 32.2. The summed E-state index contributed by atoms with van der Waals surface area (Å²) in [5.74, 6) is -1.12. The number of benzene rings is 1. The Hall–Kier alpha value is -2.05. The third-order valence-corrected chi connectivity index (χ3v) is 4.25. The molecule has 1 aromatic carbocycles. The van der Waals surface area contributed by atoms with Gasteiger partial charge in [-0.15, -0.1) is 0 Å². The SMILES string of the molecule is N#CC1(NS(=O)(=O)c2ccc(F)c([N+](=O)[O-])c2)CC1. The fourth-order valence-electron chi connectivity index (χ4n) is 1.48. The first-order valence-corrected chi connectivity index (χ1v) is 6.67. The molecule has 0 unspecified atom stereocenters. The number of sulfonamides is 1. The highest BCUT2D eigenvalue weighted by molar-refractivity contribution is 7.89. The number of hydrogen-bond acceptors (Lipinski definition) is 5. The van der Waals surface area contributed by atoms with Crippen molar-refractivity contribution in [3.8, 4) is 6.07 Å². The zero-order valence-corrected chi connectivity index (χ0v) is 10.3. The van der Waals surface area contributed by atoms with Gasteiger partial charge in [0.15, 0.2) is 0 Å². The van der Waals surface area contributed by atoms with Gasteiger partial charge in [0, 0.05) is 6.07 Å². The summed E-state index contributed by atoms with van der Waals surface area (Å²) < 4.78 is 39.1. The summed E-state index contributed by atoms with van der Waals surface area (Å²) in [4.78, 5) is 9.10. The van der Waals surface area contributed by atoms with E-state index in [1.807, 2.05) is 6.07 Å². The molecule has 9 heteroatoms. The second kappa shape index (κ2) is 4.25. The Morgan fingerprint density at radius 1 is 1.47 bits per heavy atom. The van der Waals surface area contributed by atoms with Crippen LogP contribution in [0.2, 0.25) is 0 Å². The van der Waals surface area contributed by atoms with Crippen LogP contribution in [0.5, 0.6) is 0 Å². The van der Waals surface area contributed by atoms with Gasteiger partial charge in [0.1, 0.15) is 5.54 Å². The van der Waals surface area contributed by atoms with Gasteiger partial charge in [-0.3, -0.25) is 10.1 Å². The van der Waals surface area contributed by atoms with Crippen LogP contribution < -0.4 is 4.72 Å². The van der Waals surface area contributed by atoms with Crippen molar-refractivity contribution in [1.29, 1.82) is 5.26 Å². The number of nitrogens with one attached hydrogen (secondary N) is 1. The topological polar surface area (TPSA) is 113 Å². The average molecular weight is 285 g/mol. The maximum absolute atomic E-state index is 13.1. The minimum atomic E-state index is -4.08. The number of halogens is 1. The third kappa shape index (κ3) is 2.54. The Balaban J connectivity index is 2.39. The fourth-order valence-corrected chi connectivity index (χ4v) is 2.87. The Morgan fingerprint density at radius 2 is 2.11 bits per heavy atom. The molecule has 1 aliphatic carbocycles. The maximum Gasteiger partial charge on any atom is 0.306 e. The molecule has 1 saturated carbocycles. The van der Waals surface area contributed by atoms with Crippen LogP contribution in [0.4, 0.5) is 10.1 Å². The minimum Gasteiger partial charge on any atom is -0.258 e. The van der Waals surface area contributed by atoms with Gasteiger partial charge < -0.3 is 0 Å². The normalized spacial score (nSPS) is 16.6. The van der Waals surface area contributed by atoms with Gasteiger partial charge >= 0.3 is 5.69 Å². The molecule has 0 atom stereocenters. The Morgan fingerprint density at radius 3 is 2.58 bits per heavy atom. The van der Waals surface area contributed by atoms with Gasteiger partial charge in [0.05, 0.1) is 15.9 Å². The van der Waals surface area contributed by atoms with E-state index in [2.05, 4.69) is 4.72 Å². The number of hydrogen-bond donors (Lipinski definition) is 1. The van der Waals surface area contributed by atoms with Crippen molar-refractivity contribution in [3.63, 3.8) is 0 Å². The first-order chi connectivity index (χ1) is 8.80. The van der Waals surface area contributed by atoms with E-state index in [0.29, 0.717) is 25.0 Å². The number of rotatable bonds is 4. The average Bonchev–Trinajstić information content (AvgIpc) is 3.08. The number of nitro benzene ring substituents is 1. The minimum absolute atomic E-state index is 0.381. The van der Waals surface area contributed by atoms with Crippen LogP contribution in [0.15, 0.2) is 23.1 Å². The van der Waals surface area contributed by atoms with Crippen LogP contribution in [0.25, 0.3) is 0 Å². The van der Waals surface area contributed by atoms with Crippen molar-refractivity contribution in [1.82, 2.24) is 4.72 Å². The second-order valence-corrected chi connectivity index (χ2v) is 5.85. The van der Waals surface area contributed by atoms with E-state index in [1.165, 1.54) is 0 Å². The van der Waals surface area contributed by atoms with E-state index >= 15 is 0 Å². The molecule has 1 aliphatic rings. The first-order valence-electron chi connectivity index (χ1n) is 5.19. The van der Waals surface area contributed by atoms with Gasteiger partial charge in [-0.05, 0) is 25.0 Å². The predicted molar refractivity (Wildman–Crippen MR) is 61.0 cm³/mol. The Labute approximate surface area is 107 Å². The smallest absolute Gasteiger partial charge is 0.258 e. The summed E-state index contributed by atoms with van der Waals surface area (Å²) in [5.41, 5.74) is -2.06. The number of nitrogens with zero attached hydrogens (tertiary/aromatic N) is 2. The van der Waals surface area contributed by atoms with Crippen molar-refractivity contribution >= 4 is 15.7 Å². The van der Waals surface area contributed by atoms with Crippen LogP contribution in [0.3, 0.4) is 0 Å². The number of nitriles is 1. The molecule has 0 radical (unpaired) electrons. The third-order valence-electron chi connectivity index (χ3n) is 2.72. The quantitative estimate of drug-likeness (QED) is 0.656. The number of nitro groups is 1. The molecule has 1 aromatic rings. The zero-order valence-electron chi connectivity index (χ0n) is 9.46. The summed E-state index contributed by atoms with van der Waals surface area (Å²) in [6, 6.07) is 4.08. The molecule has 19 heavy (non-hydrogen) atoms. The van der Waals surface area contributed by atoms with E-state index in [1.54, 1.807) is 0 Å². The van der Waals surface area contributed by atoms with E-state index < -0.39 is 36.9 Å². The highest BCUT2D eigenvalue weighted by Crippen LogP contribution is 2.36. The monoisotopic (exact) mass is 285 g/mol. The zero-order chi connectivity index (χ0) is 14.3. The van der Waals surface area contributed by atoms with Crippen molar-refractivity contribution in [2.45, 2.75) is 23.3 Å². The summed E-state index contributed by atoms with van der Waals surface area (Å²) >= 11 is 0. The fraction of sp³-hybridized carbons (Fsp3) is 0.300. The Bertz CT molecular complexity index is 691. The van der Waals surface area contributed by atoms with E-state index in [9.17, 15) is 22.9 Å². The lowest BCUT2D eigenvalue weighted by molar-refractivity contribution is -0.387. The Kier molecular flexibility index (Phi) is 3.00. The van der Waals surface area contributed by atoms with Crippen molar-refractivity contribution in [2.75, 3.05) is 0 Å². The molecule has 0 saturated heterocycles. The van der Waals surface area contributed by atoms with E-state index in [-0.39, 0.29) is 0 Å². The van der Waals surface area contributed by atoms with E-state index in [4.69, 9.17) is 5.26 Å².